The minimum Gasteiger partial charge on any atom is -0.467 e. The van der Waals surface area contributed by atoms with Crippen molar-refractivity contribution >= 4 is 19.5 Å². The van der Waals surface area contributed by atoms with Crippen molar-refractivity contribution in [2.24, 2.45) is 0 Å². The van der Waals surface area contributed by atoms with Crippen LogP contribution in [-0.2, 0) is 46.5 Å². The Morgan fingerprint density at radius 1 is 1.26 bits per heavy atom. The van der Waals surface area contributed by atoms with Crippen LogP contribution in [0.3, 0.4) is 0 Å². The van der Waals surface area contributed by atoms with Gasteiger partial charge >= 0.3 is 13.6 Å². The van der Waals surface area contributed by atoms with E-state index >= 15 is 0 Å². The Balaban J connectivity index is 0. The number of likely N-dealkylation sites (tertiary alicyclic amines) is 1. The summed E-state index contributed by atoms with van der Waals surface area (Å²) in [5.74, 6) is -2.39. The summed E-state index contributed by atoms with van der Waals surface area (Å²) in [6.07, 6.45) is 0.320. The molecule has 0 aliphatic carbocycles. The maximum absolute atomic E-state index is 12.1. The van der Waals surface area contributed by atoms with Crippen molar-refractivity contribution in [1.29, 1.82) is 0 Å². The molecule has 111 valence electrons. The van der Waals surface area contributed by atoms with Crippen LogP contribution in [0.1, 0.15) is 20.3 Å². The van der Waals surface area contributed by atoms with E-state index in [4.69, 9.17) is 9.05 Å². The van der Waals surface area contributed by atoms with Gasteiger partial charge in [0.2, 0.25) is 11.7 Å². The summed E-state index contributed by atoms with van der Waals surface area (Å²) in [4.78, 5) is 23.9. The van der Waals surface area contributed by atoms with Crippen molar-refractivity contribution in [3.63, 3.8) is 0 Å². The van der Waals surface area contributed by atoms with Gasteiger partial charge in [0.1, 0.15) is 0 Å². The number of nitrogens with zero attached hydrogens (tertiary/aromatic N) is 1. The van der Waals surface area contributed by atoms with E-state index < -0.39 is 19.3 Å². The van der Waals surface area contributed by atoms with E-state index in [1.54, 1.807) is 0 Å². The molecule has 1 amide bonds. The molecular weight excluding hydrogens is 312 g/mol. The number of rotatable bonds is 5. The molecule has 9 heteroatoms. The Morgan fingerprint density at radius 2 is 1.74 bits per heavy atom. The van der Waals surface area contributed by atoms with E-state index in [2.05, 4.69) is 4.74 Å². The molecule has 1 heterocycles. The number of methoxy groups -OCH3 is 1. The van der Waals surface area contributed by atoms with E-state index in [1.165, 1.54) is 0 Å². The van der Waals surface area contributed by atoms with Crippen LogP contribution >= 0.6 is 7.60 Å². The fourth-order valence-corrected chi connectivity index (χ4v) is 2.90. The summed E-state index contributed by atoms with van der Waals surface area (Å²) in [6, 6.07) is 0. The molecule has 1 aliphatic heterocycles. The van der Waals surface area contributed by atoms with Crippen LogP contribution in [0.15, 0.2) is 0 Å². The first kappa shape index (κ1) is 21.0. The molecule has 0 aromatic rings. The van der Waals surface area contributed by atoms with Crippen LogP contribution in [-0.4, -0.2) is 50.4 Å². The summed E-state index contributed by atoms with van der Waals surface area (Å²) < 4.78 is 26.0. The number of ether oxygens (including phenoxy) is 1. The van der Waals surface area contributed by atoms with E-state index in [0.29, 0.717) is 13.0 Å². The number of hydrogen-bond acceptors (Lipinski definition) is 6. The van der Waals surface area contributed by atoms with Gasteiger partial charge in [-0.05, 0) is 0 Å². The Morgan fingerprint density at radius 3 is 1.95 bits per heavy atom. The van der Waals surface area contributed by atoms with Crippen LogP contribution < -0.4 is 0 Å². The minimum atomic E-state index is -3.69. The third-order valence-corrected chi connectivity index (χ3v) is 4.51. The summed E-state index contributed by atoms with van der Waals surface area (Å²) >= 11 is 0. The summed E-state index contributed by atoms with van der Waals surface area (Å²) in [5, 5.41) is 0. The second kappa shape index (κ2) is 9.56. The number of carbonyl (C=O) groups excluding carboxylic acids is 2. The Bertz CT molecular complexity index is 343. The molecule has 0 aromatic heterocycles. The van der Waals surface area contributed by atoms with Gasteiger partial charge in [0.25, 0.3) is 0 Å². The first-order valence-corrected chi connectivity index (χ1v) is 7.20. The van der Waals surface area contributed by atoms with Crippen molar-refractivity contribution in [2.45, 2.75) is 26.1 Å². The molecule has 0 N–H and O–H groups in total. The van der Waals surface area contributed by atoms with Gasteiger partial charge in [-0.25, -0.2) is 4.79 Å². The van der Waals surface area contributed by atoms with Crippen LogP contribution in [0.25, 0.3) is 0 Å². The summed E-state index contributed by atoms with van der Waals surface area (Å²) in [5.41, 5.74) is 0. The molecule has 0 saturated carbocycles. The number of hydrogen-bond donors (Lipinski definition) is 0. The number of carbonyl (C=O) groups is 2. The largest absolute Gasteiger partial charge is 0.467 e. The van der Waals surface area contributed by atoms with E-state index in [1.807, 2.05) is 13.8 Å². The van der Waals surface area contributed by atoms with Crippen LogP contribution in [0.2, 0.25) is 0 Å². The molecule has 1 atom stereocenters. The molecule has 1 unspecified atom stereocenters. The van der Waals surface area contributed by atoms with Gasteiger partial charge < -0.3 is 18.7 Å². The first-order chi connectivity index (χ1) is 8.50. The molecule has 1 fully saturated rings. The fraction of sp³-hybridized carbons (Fsp3) is 0.800. The molecule has 19 heavy (non-hydrogen) atoms. The maximum atomic E-state index is 12.1. The van der Waals surface area contributed by atoms with Gasteiger partial charge in [-0.1, -0.05) is 13.8 Å². The number of β-lactam (4-membered cyclic amide) rings is 1. The van der Waals surface area contributed by atoms with Crippen LogP contribution in [0.4, 0.5) is 0 Å². The monoisotopic (exact) mass is 332 g/mol. The minimum absolute atomic E-state index is 0. The first-order valence-electron chi connectivity index (χ1n) is 5.58. The van der Waals surface area contributed by atoms with Crippen molar-refractivity contribution in [2.75, 3.05) is 27.9 Å². The Hall–Kier alpha value is -0.326. The van der Waals surface area contributed by atoms with E-state index in [0.717, 1.165) is 26.2 Å². The molecule has 7 nitrogen and oxygen atoms in total. The maximum Gasteiger partial charge on any atom is 0.364 e. The molecule has 1 aliphatic rings. The standard InChI is InChI=1S/C8H14NO6P.C2H6.V/c1-13-8(11)7(9-5-4-6(9)10)16(12,14-2)15-3;1-2;/h7H,4-5H2,1-3H3;1-2H3;. The van der Waals surface area contributed by atoms with Crippen molar-refractivity contribution in [3.05, 3.63) is 0 Å². The zero-order valence-electron chi connectivity index (χ0n) is 11.8. The van der Waals surface area contributed by atoms with Crippen LogP contribution in [0, 0.1) is 0 Å². The number of amides is 1. The predicted octanol–water partition coefficient (Wildman–Crippen LogP) is 1.23. The molecule has 0 aromatic carbocycles. The van der Waals surface area contributed by atoms with Gasteiger partial charge in [0.15, 0.2) is 0 Å². The fourth-order valence-electron chi connectivity index (χ4n) is 1.40. The Labute approximate surface area is 125 Å². The van der Waals surface area contributed by atoms with Gasteiger partial charge in [-0.15, -0.1) is 0 Å². The molecule has 1 radical (unpaired) electrons. The molecule has 0 spiro atoms. The Kier molecular flexibility index (Phi) is 10.6. The topological polar surface area (TPSA) is 82.1 Å². The zero-order chi connectivity index (χ0) is 14.3. The predicted molar refractivity (Wildman–Crippen MR) is 65.1 cm³/mol. The molecule has 1 rings (SSSR count). The van der Waals surface area contributed by atoms with Gasteiger partial charge in [-0.2, -0.15) is 0 Å². The molecule has 0 bridgehead atoms. The van der Waals surface area contributed by atoms with Crippen LogP contribution in [0.5, 0.6) is 0 Å². The molecular formula is C10H20NO6PV. The van der Waals surface area contributed by atoms with E-state index in [9.17, 15) is 14.2 Å². The smallest absolute Gasteiger partial charge is 0.364 e. The van der Waals surface area contributed by atoms with Gasteiger partial charge in [0, 0.05) is 45.7 Å². The van der Waals surface area contributed by atoms with Gasteiger partial charge in [-0.3, -0.25) is 9.36 Å². The second-order valence-corrected chi connectivity index (χ2v) is 5.44. The normalized spacial score (nSPS) is 15.4. The summed E-state index contributed by atoms with van der Waals surface area (Å²) in [7, 11) is -0.230. The quantitative estimate of drug-likeness (QED) is 0.428. The average Bonchev–Trinajstić information content (AvgIpc) is 2.43. The third kappa shape index (κ3) is 4.62. The third-order valence-electron chi connectivity index (χ3n) is 2.40. The number of esters is 1. The van der Waals surface area contributed by atoms with E-state index in [-0.39, 0.29) is 24.5 Å². The zero-order valence-corrected chi connectivity index (χ0v) is 14.1. The SMILES string of the molecule is CC.COC(=O)C(N1CCC1=O)P(=O)(OC)OC.[V]. The molecule has 1 saturated heterocycles. The average molecular weight is 332 g/mol. The van der Waals surface area contributed by atoms with Crippen molar-refractivity contribution < 1.29 is 46.5 Å². The second-order valence-electron chi connectivity index (χ2n) is 3.14. The van der Waals surface area contributed by atoms with Gasteiger partial charge in [0.05, 0.1) is 7.11 Å². The van der Waals surface area contributed by atoms with Crippen molar-refractivity contribution in [3.8, 4) is 0 Å². The van der Waals surface area contributed by atoms with Crippen molar-refractivity contribution in [1.82, 2.24) is 4.90 Å². The summed E-state index contributed by atoms with van der Waals surface area (Å²) in [6.45, 7) is 4.34.